The van der Waals surface area contributed by atoms with E-state index >= 15 is 0 Å². The van der Waals surface area contributed by atoms with Gasteiger partial charge < -0.3 is 21.6 Å². The van der Waals surface area contributed by atoms with Gasteiger partial charge >= 0.3 is 37.4 Å². The second kappa shape index (κ2) is 20.1. The standard InChI is InChI=1S/C14H29.Na.H3O4P/c1-3-5-7-9-11-13-14-12-10-8-6-4-2;;1-5(2,3)4/h1,3-14H2,2H3;;(H3,1,2,3,4)/q-1;+1;. The molecule has 0 atom stereocenters. The average Bonchev–Trinajstić information content (AvgIpc) is 2.29. The van der Waals surface area contributed by atoms with Crippen molar-refractivity contribution < 1.29 is 48.8 Å². The molecule has 118 valence electrons. The molecule has 0 aromatic carbocycles. The van der Waals surface area contributed by atoms with Crippen molar-refractivity contribution >= 4 is 7.82 Å². The summed E-state index contributed by atoms with van der Waals surface area (Å²) in [6.45, 7) is 6.14. The van der Waals surface area contributed by atoms with Gasteiger partial charge in [-0.2, -0.15) is 6.42 Å². The zero-order valence-electron chi connectivity index (χ0n) is 13.4. The topological polar surface area (TPSA) is 77.8 Å². The van der Waals surface area contributed by atoms with Gasteiger partial charge in [0, 0.05) is 0 Å². The molecule has 3 N–H and O–H groups in total. The van der Waals surface area contributed by atoms with E-state index < -0.39 is 7.82 Å². The van der Waals surface area contributed by atoms with Crippen LogP contribution in [0.4, 0.5) is 0 Å². The molecule has 0 radical (unpaired) electrons. The van der Waals surface area contributed by atoms with Crippen LogP contribution < -0.4 is 29.6 Å². The number of hydrogen-bond acceptors (Lipinski definition) is 1. The number of phosphoric acid groups is 1. The Morgan fingerprint density at radius 2 is 1.00 bits per heavy atom. The summed E-state index contributed by atoms with van der Waals surface area (Å²) in [6.07, 6.45) is 16.9. The van der Waals surface area contributed by atoms with Gasteiger partial charge in [-0.1, -0.05) is 77.6 Å². The minimum absolute atomic E-state index is 0. The van der Waals surface area contributed by atoms with Gasteiger partial charge in [-0.05, 0) is 0 Å². The van der Waals surface area contributed by atoms with Crippen molar-refractivity contribution in [2.75, 3.05) is 0 Å². The molecule has 0 amide bonds. The summed E-state index contributed by atoms with van der Waals surface area (Å²) < 4.78 is 8.88. The maximum atomic E-state index is 8.88. The second-order valence-corrected chi connectivity index (χ2v) is 5.93. The van der Waals surface area contributed by atoms with Crippen LogP contribution >= 0.6 is 7.82 Å². The summed E-state index contributed by atoms with van der Waals surface area (Å²) in [5, 5.41) is 0. The fourth-order valence-electron chi connectivity index (χ4n) is 1.84. The Hall–Kier alpha value is 1.11. The van der Waals surface area contributed by atoms with Crippen molar-refractivity contribution in [3.63, 3.8) is 0 Å². The Labute approximate surface area is 147 Å². The fourth-order valence-corrected chi connectivity index (χ4v) is 1.84. The van der Waals surface area contributed by atoms with Crippen LogP contribution in [0.5, 0.6) is 0 Å². The van der Waals surface area contributed by atoms with E-state index in [9.17, 15) is 0 Å². The average molecular weight is 318 g/mol. The van der Waals surface area contributed by atoms with Crippen LogP contribution in [0.15, 0.2) is 0 Å². The van der Waals surface area contributed by atoms with E-state index in [4.69, 9.17) is 19.2 Å². The first kappa shape index (κ1) is 26.0. The summed E-state index contributed by atoms with van der Waals surface area (Å²) >= 11 is 0. The van der Waals surface area contributed by atoms with E-state index in [2.05, 4.69) is 13.8 Å². The first-order chi connectivity index (χ1) is 8.91. The molecule has 0 aliphatic rings. The van der Waals surface area contributed by atoms with Crippen LogP contribution in [0.3, 0.4) is 0 Å². The Morgan fingerprint density at radius 3 is 1.25 bits per heavy atom. The second-order valence-electron chi connectivity index (χ2n) is 4.90. The van der Waals surface area contributed by atoms with Crippen molar-refractivity contribution in [2.24, 2.45) is 0 Å². The van der Waals surface area contributed by atoms with Crippen molar-refractivity contribution in [3.8, 4) is 0 Å². The number of hydrogen-bond donors (Lipinski definition) is 3. The normalized spacial score (nSPS) is 10.4. The summed E-state index contributed by atoms with van der Waals surface area (Å²) in [7, 11) is -4.64. The van der Waals surface area contributed by atoms with E-state index in [1.54, 1.807) is 0 Å². The maximum Gasteiger partial charge on any atom is 1.00 e. The smallest absolute Gasteiger partial charge is 0.343 e. The third-order valence-corrected chi connectivity index (χ3v) is 2.85. The summed E-state index contributed by atoms with van der Waals surface area (Å²) in [5.41, 5.74) is 0. The molecular formula is C14H32NaO4P. The summed E-state index contributed by atoms with van der Waals surface area (Å²) in [6, 6.07) is 0. The van der Waals surface area contributed by atoms with E-state index in [1.165, 1.54) is 70.6 Å². The van der Waals surface area contributed by atoms with Gasteiger partial charge in [0.05, 0.1) is 0 Å². The predicted molar refractivity (Wildman–Crippen MR) is 80.7 cm³/mol. The van der Waals surface area contributed by atoms with E-state index in [1.807, 2.05) is 0 Å². The molecule has 0 saturated carbocycles. The van der Waals surface area contributed by atoms with Crippen molar-refractivity contribution in [1.29, 1.82) is 0 Å². The number of unbranched alkanes of at least 4 members (excludes halogenated alkanes) is 11. The van der Waals surface area contributed by atoms with Crippen molar-refractivity contribution in [2.45, 2.75) is 84.0 Å². The van der Waals surface area contributed by atoms with Gasteiger partial charge in [-0.15, -0.1) is 0 Å². The molecule has 0 saturated heterocycles. The third-order valence-electron chi connectivity index (χ3n) is 2.85. The van der Waals surface area contributed by atoms with Gasteiger partial charge in [-0.3, -0.25) is 0 Å². The fraction of sp³-hybridized carbons (Fsp3) is 0.929. The SMILES string of the molecule is O=P(O)(O)O.[CH2-]CCCCCCCCCCCCC.[Na+]. The molecule has 0 aromatic rings. The Balaban J connectivity index is -0.000000414. The molecule has 0 aliphatic carbocycles. The minimum atomic E-state index is -4.64. The molecule has 0 unspecified atom stereocenters. The first-order valence-corrected chi connectivity index (χ1v) is 9.05. The van der Waals surface area contributed by atoms with Gasteiger partial charge in [0.25, 0.3) is 0 Å². The van der Waals surface area contributed by atoms with Crippen molar-refractivity contribution in [1.82, 2.24) is 0 Å². The molecule has 0 fully saturated rings. The van der Waals surface area contributed by atoms with Gasteiger partial charge in [0.1, 0.15) is 0 Å². The largest absolute Gasteiger partial charge is 1.00 e. The van der Waals surface area contributed by atoms with Gasteiger partial charge in [-0.25, -0.2) is 4.57 Å². The van der Waals surface area contributed by atoms with Crippen molar-refractivity contribution in [3.05, 3.63) is 6.92 Å². The Morgan fingerprint density at radius 1 is 0.750 bits per heavy atom. The van der Waals surface area contributed by atoms with E-state index in [0.29, 0.717) is 0 Å². The molecule has 0 bridgehead atoms. The minimum Gasteiger partial charge on any atom is -0.343 e. The van der Waals surface area contributed by atoms with Crippen LogP contribution in [0.25, 0.3) is 0 Å². The molecule has 4 nitrogen and oxygen atoms in total. The van der Waals surface area contributed by atoms with E-state index in [-0.39, 0.29) is 29.6 Å². The third kappa shape index (κ3) is 42.7. The van der Waals surface area contributed by atoms with Crippen LogP contribution in [0.2, 0.25) is 0 Å². The molecule has 0 heterocycles. The zero-order valence-corrected chi connectivity index (χ0v) is 16.3. The molecule has 0 rings (SSSR count). The van der Waals surface area contributed by atoms with Crippen LogP contribution in [0, 0.1) is 6.92 Å². The zero-order chi connectivity index (χ0) is 15.0. The molecule has 20 heavy (non-hydrogen) atoms. The molecular weight excluding hydrogens is 286 g/mol. The molecule has 6 heteroatoms. The molecule has 0 aromatic heterocycles. The monoisotopic (exact) mass is 318 g/mol. The number of rotatable bonds is 11. The van der Waals surface area contributed by atoms with E-state index in [0.717, 1.165) is 6.42 Å². The summed E-state index contributed by atoms with van der Waals surface area (Å²) in [4.78, 5) is 21.6. The van der Waals surface area contributed by atoms with Gasteiger partial charge in [0.15, 0.2) is 0 Å². The molecule has 0 aliphatic heterocycles. The predicted octanol–water partition coefficient (Wildman–Crippen LogP) is 1.60. The summed E-state index contributed by atoms with van der Waals surface area (Å²) in [5.74, 6) is 0. The maximum absolute atomic E-state index is 8.88. The molecule has 0 spiro atoms. The van der Waals surface area contributed by atoms with Crippen LogP contribution in [-0.2, 0) is 4.57 Å². The Kier molecular flexibility index (Phi) is 26.2. The Bertz CT molecular complexity index is 189. The van der Waals surface area contributed by atoms with Crippen LogP contribution in [0.1, 0.15) is 84.0 Å². The van der Waals surface area contributed by atoms with Gasteiger partial charge in [0.2, 0.25) is 0 Å². The quantitative estimate of drug-likeness (QED) is 0.234. The van der Waals surface area contributed by atoms with Crippen LogP contribution in [-0.4, -0.2) is 14.7 Å². The first-order valence-electron chi connectivity index (χ1n) is 7.49.